The van der Waals surface area contributed by atoms with Gasteiger partial charge < -0.3 is 9.53 Å². The fourth-order valence-electron chi connectivity index (χ4n) is 0.589. The van der Waals surface area contributed by atoms with E-state index in [1.54, 1.807) is 0 Å². The summed E-state index contributed by atoms with van der Waals surface area (Å²) in [5, 5.41) is 0. The molecule has 0 saturated carbocycles. The molecule has 2 atom stereocenters. The van der Waals surface area contributed by atoms with E-state index in [1.165, 1.54) is 6.92 Å². The van der Waals surface area contributed by atoms with Crippen LogP contribution in [0.2, 0.25) is 0 Å². The third-order valence-corrected chi connectivity index (χ3v) is 1.61. The van der Waals surface area contributed by atoms with Crippen LogP contribution < -0.4 is 0 Å². The van der Waals surface area contributed by atoms with Crippen molar-refractivity contribution < 1.29 is 9.53 Å². The van der Waals surface area contributed by atoms with Gasteiger partial charge in [-0.2, -0.15) is 0 Å². The average Bonchev–Trinajstić information content (AvgIpc) is 2.05. The molecule has 0 aliphatic heterocycles. The quantitative estimate of drug-likeness (QED) is 0.613. The van der Waals surface area contributed by atoms with Gasteiger partial charge in [-0.3, -0.25) is 0 Å². The first-order valence-corrected chi connectivity index (χ1v) is 4.67. The topological polar surface area (TPSA) is 26.3 Å². The molecule has 0 rings (SSSR count). The molecule has 0 aromatic carbocycles. The highest BCUT2D eigenvalue weighted by atomic mass is 16.5. The monoisotopic (exact) mass is 174 g/mol. The van der Waals surface area contributed by atoms with E-state index in [9.17, 15) is 0 Å². The predicted octanol–water partition coefficient (Wildman–Crippen LogP) is 2.81. The van der Waals surface area contributed by atoms with Gasteiger partial charge in [0.1, 0.15) is 6.29 Å². The van der Waals surface area contributed by atoms with E-state index in [0.29, 0.717) is 12.2 Å². The molecule has 0 aromatic rings. The molecular weight excluding hydrogens is 152 g/mol. The van der Waals surface area contributed by atoms with E-state index in [-0.39, 0.29) is 0 Å². The summed E-state index contributed by atoms with van der Waals surface area (Å²) in [7, 11) is 0. The number of carbonyl (C=O) groups is 1. The third-order valence-electron chi connectivity index (χ3n) is 1.61. The molecule has 0 aliphatic rings. The van der Waals surface area contributed by atoms with Gasteiger partial charge in [-0.05, 0) is 33.6 Å². The van der Waals surface area contributed by atoms with Crippen LogP contribution in [-0.4, -0.2) is 18.5 Å². The molecule has 2 unspecified atom stereocenters. The fourth-order valence-corrected chi connectivity index (χ4v) is 0.589. The van der Waals surface area contributed by atoms with E-state index in [4.69, 9.17) is 9.53 Å². The number of aldehydes is 1. The molecule has 0 bridgehead atoms. The Hall–Kier alpha value is -0.370. The highest BCUT2D eigenvalue weighted by molar-refractivity contribution is 5.44. The minimum Gasteiger partial charge on any atom is -0.376 e. The molecule has 12 heavy (non-hydrogen) atoms. The van der Waals surface area contributed by atoms with Crippen molar-refractivity contribution in [1.29, 1.82) is 0 Å². The third kappa shape index (κ3) is 12.3. The first-order chi connectivity index (χ1) is 5.62. The number of rotatable bonds is 4. The van der Waals surface area contributed by atoms with Crippen LogP contribution in [0.4, 0.5) is 0 Å². The second kappa shape index (κ2) is 10.6. The molecule has 0 amide bonds. The van der Waals surface area contributed by atoms with E-state index >= 15 is 0 Å². The highest BCUT2D eigenvalue weighted by Gasteiger charge is 2.02. The Balaban J connectivity index is 0. The average molecular weight is 174 g/mol. The lowest BCUT2D eigenvalue weighted by Crippen LogP contribution is -2.14. The van der Waals surface area contributed by atoms with E-state index in [1.807, 2.05) is 0 Å². The molecule has 0 spiro atoms. The second-order valence-electron chi connectivity index (χ2n) is 2.81. The first kappa shape index (κ1) is 14.2. The highest BCUT2D eigenvalue weighted by Crippen LogP contribution is 2.03. The Morgan fingerprint density at radius 2 is 1.42 bits per heavy atom. The second-order valence-corrected chi connectivity index (χ2v) is 2.81. The van der Waals surface area contributed by atoms with E-state index < -0.39 is 0 Å². The normalized spacial score (nSPS) is 14.1. The minimum atomic E-state index is 0.431. The largest absolute Gasteiger partial charge is 0.376 e. The molecule has 0 saturated heterocycles. The number of hydrogen-bond donors (Lipinski definition) is 0. The Labute approximate surface area is 76.3 Å². The predicted molar refractivity (Wildman–Crippen MR) is 52.3 cm³/mol. The molecule has 74 valence electrons. The van der Waals surface area contributed by atoms with Crippen LogP contribution >= 0.6 is 0 Å². The lowest BCUT2D eigenvalue weighted by Gasteiger charge is -2.15. The molecule has 0 aliphatic carbocycles. The zero-order valence-corrected chi connectivity index (χ0v) is 8.96. The number of carbonyl (C=O) groups excluding carboxylic acids is 1. The van der Waals surface area contributed by atoms with Crippen LogP contribution in [0.3, 0.4) is 0 Å². The summed E-state index contributed by atoms with van der Waals surface area (Å²) in [6.45, 7) is 9.97. The van der Waals surface area contributed by atoms with Gasteiger partial charge in [0, 0.05) is 0 Å². The maximum Gasteiger partial charge on any atom is 0.116 e. The van der Waals surface area contributed by atoms with Crippen LogP contribution in [0.1, 0.15) is 47.5 Å². The molecule has 0 aromatic heterocycles. The molecule has 0 radical (unpaired) electrons. The van der Waals surface area contributed by atoms with Crippen molar-refractivity contribution in [2.24, 2.45) is 0 Å². The van der Waals surface area contributed by atoms with Crippen LogP contribution in [0.25, 0.3) is 0 Å². The van der Waals surface area contributed by atoms with Crippen molar-refractivity contribution in [3.63, 3.8) is 0 Å². The van der Waals surface area contributed by atoms with Gasteiger partial charge in [-0.1, -0.05) is 13.8 Å². The maximum absolute atomic E-state index is 8.81. The molecular formula is C10H22O2. The van der Waals surface area contributed by atoms with Crippen molar-refractivity contribution in [3.8, 4) is 0 Å². The smallest absolute Gasteiger partial charge is 0.116 e. The van der Waals surface area contributed by atoms with E-state index in [0.717, 1.165) is 19.1 Å². The SMILES string of the molecule is CC=O.CCC(C)OC(C)CC. The van der Waals surface area contributed by atoms with Crippen molar-refractivity contribution in [1.82, 2.24) is 0 Å². The first-order valence-electron chi connectivity index (χ1n) is 4.67. The van der Waals surface area contributed by atoms with Crippen molar-refractivity contribution in [3.05, 3.63) is 0 Å². The fraction of sp³-hybridized carbons (Fsp3) is 0.900. The van der Waals surface area contributed by atoms with Gasteiger partial charge in [-0.25, -0.2) is 0 Å². The van der Waals surface area contributed by atoms with Crippen molar-refractivity contribution in [2.75, 3.05) is 0 Å². The summed E-state index contributed by atoms with van der Waals surface area (Å²) in [5.74, 6) is 0. The molecule has 2 nitrogen and oxygen atoms in total. The molecule has 0 heterocycles. The summed E-state index contributed by atoms with van der Waals surface area (Å²) in [5.41, 5.74) is 0. The zero-order valence-electron chi connectivity index (χ0n) is 8.96. The van der Waals surface area contributed by atoms with Crippen LogP contribution in [-0.2, 0) is 9.53 Å². The summed E-state index contributed by atoms with van der Waals surface area (Å²) >= 11 is 0. The summed E-state index contributed by atoms with van der Waals surface area (Å²) in [6, 6.07) is 0. The molecule has 0 fully saturated rings. The van der Waals surface area contributed by atoms with Crippen molar-refractivity contribution >= 4 is 6.29 Å². The van der Waals surface area contributed by atoms with Crippen LogP contribution in [0.5, 0.6) is 0 Å². The number of hydrogen-bond acceptors (Lipinski definition) is 2. The van der Waals surface area contributed by atoms with Gasteiger partial charge >= 0.3 is 0 Å². The Morgan fingerprint density at radius 1 is 1.17 bits per heavy atom. The van der Waals surface area contributed by atoms with Crippen molar-refractivity contribution in [2.45, 2.75) is 59.7 Å². The Kier molecular flexibility index (Phi) is 12.6. The summed E-state index contributed by atoms with van der Waals surface area (Å²) in [4.78, 5) is 8.81. The van der Waals surface area contributed by atoms with E-state index in [2.05, 4.69) is 27.7 Å². The Bertz CT molecular complexity index is 83.8. The minimum absolute atomic E-state index is 0.431. The molecule has 0 N–H and O–H groups in total. The lowest BCUT2D eigenvalue weighted by molar-refractivity contribution is -0.106. The van der Waals surface area contributed by atoms with Gasteiger partial charge in [0.2, 0.25) is 0 Å². The standard InChI is InChI=1S/C8H18O.C2H4O/c1-5-7(3)9-8(4)6-2;1-2-3/h7-8H,5-6H2,1-4H3;2H,1H3. The van der Waals surface area contributed by atoms with Gasteiger partial charge in [0.25, 0.3) is 0 Å². The van der Waals surface area contributed by atoms with Gasteiger partial charge in [0.05, 0.1) is 12.2 Å². The zero-order chi connectivity index (χ0) is 9.98. The summed E-state index contributed by atoms with van der Waals surface area (Å²) < 4.78 is 5.55. The summed E-state index contributed by atoms with van der Waals surface area (Å²) in [6.07, 6.45) is 3.84. The number of ether oxygens (including phenoxy) is 1. The van der Waals surface area contributed by atoms with Crippen LogP contribution in [0.15, 0.2) is 0 Å². The Morgan fingerprint density at radius 3 is 1.58 bits per heavy atom. The van der Waals surface area contributed by atoms with Crippen LogP contribution in [0, 0.1) is 0 Å². The lowest BCUT2D eigenvalue weighted by atomic mass is 10.3. The van der Waals surface area contributed by atoms with Gasteiger partial charge in [0.15, 0.2) is 0 Å². The molecule has 2 heteroatoms. The van der Waals surface area contributed by atoms with Gasteiger partial charge in [-0.15, -0.1) is 0 Å². The maximum atomic E-state index is 8.81.